The van der Waals surface area contributed by atoms with E-state index in [9.17, 15) is 0 Å². The van der Waals surface area contributed by atoms with Crippen LogP contribution in [0, 0.1) is 0 Å². The zero-order chi connectivity index (χ0) is 16.2. The van der Waals surface area contributed by atoms with E-state index in [2.05, 4.69) is 17.1 Å². The smallest absolute Gasteiger partial charge is 0.128 e. The number of halogens is 2. The van der Waals surface area contributed by atoms with Gasteiger partial charge in [-0.05, 0) is 42.0 Å². The predicted octanol–water partition coefficient (Wildman–Crippen LogP) is 6.30. The molecular formula is C19H15Cl2NO. The van der Waals surface area contributed by atoms with E-state index in [0.29, 0.717) is 22.3 Å². The molecule has 0 heterocycles. The molecule has 2 nitrogen and oxygen atoms in total. The molecule has 3 aromatic carbocycles. The van der Waals surface area contributed by atoms with Crippen LogP contribution in [-0.2, 0) is 0 Å². The Kier molecular flexibility index (Phi) is 4.85. The van der Waals surface area contributed by atoms with E-state index >= 15 is 0 Å². The molecule has 0 amide bonds. The Balaban J connectivity index is 2.09. The standard InChI is InChI=1S/C19H15Cl2NO/c1-2-23-19-8-7-13-5-3-4-6-17(13)18(19)12-22-16-10-14(20)9-15(21)11-16/h3-12H,2H2,1H3. The van der Waals surface area contributed by atoms with Gasteiger partial charge in [-0.2, -0.15) is 0 Å². The molecule has 0 aliphatic heterocycles. The molecule has 0 unspecified atom stereocenters. The molecule has 4 heteroatoms. The highest BCUT2D eigenvalue weighted by Crippen LogP contribution is 2.29. The number of fused-ring (bicyclic) bond motifs is 1. The van der Waals surface area contributed by atoms with Crippen LogP contribution in [0.25, 0.3) is 10.8 Å². The quantitative estimate of drug-likeness (QED) is 0.509. The van der Waals surface area contributed by atoms with E-state index in [4.69, 9.17) is 27.9 Å². The summed E-state index contributed by atoms with van der Waals surface area (Å²) in [5.74, 6) is 0.808. The van der Waals surface area contributed by atoms with Gasteiger partial charge in [0.05, 0.1) is 12.3 Å². The maximum absolute atomic E-state index is 6.02. The SMILES string of the molecule is CCOc1ccc2ccccc2c1C=Nc1cc(Cl)cc(Cl)c1. The average molecular weight is 344 g/mol. The van der Waals surface area contributed by atoms with Crippen molar-refractivity contribution >= 4 is 45.9 Å². The van der Waals surface area contributed by atoms with Gasteiger partial charge in [0.15, 0.2) is 0 Å². The van der Waals surface area contributed by atoms with Gasteiger partial charge < -0.3 is 4.74 Å². The number of nitrogens with zero attached hydrogens (tertiary/aromatic N) is 1. The third-order valence-electron chi connectivity index (χ3n) is 3.42. The number of hydrogen-bond acceptors (Lipinski definition) is 2. The van der Waals surface area contributed by atoms with E-state index in [0.717, 1.165) is 22.1 Å². The summed E-state index contributed by atoms with van der Waals surface area (Å²) in [5, 5.41) is 3.36. The van der Waals surface area contributed by atoms with Gasteiger partial charge in [0.2, 0.25) is 0 Å². The van der Waals surface area contributed by atoms with E-state index in [1.807, 2.05) is 31.2 Å². The first-order chi connectivity index (χ1) is 11.2. The monoisotopic (exact) mass is 343 g/mol. The van der Waals surface area contributed by atoms with Crippen molar-refractivity contribution in [2.45, 2.75) is 6.92 Å². The Hall–Kier alpha value is -2.03. The summed E-state index contributed by atoms with van der Waals surface area (Å²) in [6, 6.07) is 17.4. The van der Waals surface area contributed by atoms with Gasteiger partial charge >= 0.3 is 0 Å². The van der Waals surface area contributed by atoms with Crippen LogP contribution in [0.5, 0.6) is 5.75 Å². The highest BCUT2D eigenvalue weighted by molar-refractivity contribution is 6.35. The Morgan fingerprint density at radius 2 is 1.74 bits per heavy atom. The van der Waals surface area contributed by atoms with Crippen molar-refractivity contribution < 1.29 is 4.74 Å². The predicted molar refractivity (Wildman–Crippen MR) is 98.8 cm³/mol. The second-order valence-electron chi connectivity index (χ2n) is 5.02. The van der Waals surface area contributed by atoms with E-state index in [1.54, 1.807) is 24.4 Å². The van der Waals surface area contributed by atoms with Crippen molar-refractivity contribution in [2.24, 2.45) is 4.99 Å². The molecule has 0 saturated carbocycles. The van der Waals surface area contributed by atoms with Crippen molar-refractivity contribution in [1.82, 2.24) is 0 Å². The zero-order valence-corrected chi connectivity index (χ0v) is 14.1. The van der Waals surface area contributed by atoms with E-state index < -0.39 is 0 Å². The third-order valence-corrected chi connectivity index (χ3v) is 3.86. The Morgan fingerprint density at radius 3 is 2.48 bits per heavy atom. The summed E-state index contributed by atoms with van der Waals surface area (Å²) in [4.78, 5) is 4.52. The summed E-state index contributed by atoms with van der Waals surface area (Å²) in [6.45, 7) is 2.56. The molecule has 0 saturated heterocycles. The number of aliphatic imine (C=N–C) groups is 1. The van der Waals surface area contributed by atoms with Gasteiger partial charge in [-0.15, -0.1) is 0 Å². The lowest BCUT2D eigenvalue weighted by Gasteiger charge is -2.10. The highest BCUT2D eigenvalue weighted by Gasteiger charge is 2.06. The summed E-state index contributed by atoms with van der Waals surface area (Å²) in [5.41, 5.74) is 1.65. The molecule has 0 aliphatic carbocycles. The topological polar surface area (TPSA) is 21.6 Å². The number of rotatable bonds is 4. The molecule has 0 fully saturated rings. The Labute approximate surface area is 145 Å². The van der Waals surface area contributed by atoms with E-state index in [-0.39, 0.29) is 0 Å². The maximum Gasteiger partial charge on any atom is 0.128 e. The van der Waals surface area contributed by atoms with Crippen LogP contribution in [-0.4, -0.2) is 12.8 Å². The molecule has 3 rings (SSSR count). The van der Waals surface area contributed by atoms with Gasteiger partial charge in [-0.25, -0.2) is 0 Å². The van der Waals surface area contributed by atoms with Crippen molar-refractivity contribution in [3.05, 3.63) is 70.2 Å². The van der Waals surface area contributed by atoms with E-state index in [1.165, 1.54) is 0 Å². The molecule has 3 aromatic rings. The van der Waals surface area contributed by atoms with Crippen LogP contribution >= 0.6 is 23.2 Å². The normalized spacial score (nSPS) is 11.3. The summed E-state index contributed by atoms with van der Waals surface area (Å²) < 4.78 is 5.74. The van der Waals surface area contributed by atoms with Crippen molar-refractivity contribution in [3.8, 4) is 5.75 Å². The lowest BCUT2D eigenvalue weighted by molar-refractivity contribution is 0.340. The molecule has 0 radical (unpaired) electrons. The molecule has 0 aromatic heterocycles. The van der Waals surface area contributed by atoms with Gasteiger partial charge in [-0.1, -0.05) is 53.5 Å². The first-order valence-electron chi connectivity index (χ1n) is 7.32. The first-order valence-corrected chi connectivity index (χ1v) is 8.07. The second-order valence-corrected chi connectivity index (χ2v) is 5.89. The molecule has 0 aliphatic rings. The van der Waals surface area contributed by atoms with Crippen LogP contribution < -0.4 is 4.74 Å². The minimum absolute atomic E-state index is 0.563. The highest BCUT2D eigenvalue weighted by atomic mass is 35.5. The fraction of sp³-hybridized carbons (Fsp3) is 0.105. The minimum Gasteiger partial charge on any atom is -0.493 e. The number of hydrogen-bond donors (Lipinski definition) is 0. The van der Waals surface area contributed by atoms with Crippen LogP contribution in [0.15, 0.2) is 59.6 Å². The zero-order valence-electron chi connectivity index (χ0n) is 12.6. The number of ether oxygens (including phenoxy) is 1. The fourth-order valence-corrected chi connectivity index (χ4v) is 2.96. The van der Waals surface area contributed by atoms with Gasteiger partial charge in [0.25, 0.3) is 0 Å². The fourth-order valence-electron chi connectivity index (χ4n) is 2.44. The third kappa shape index (κ3) is 3.66. The van der Waals surface area contributed by atoms with Gasteiger partial charge in [0, 0.05) is 21.8 Å². The van der Waals surface area contributed by atoms with Crippen LogP contribution in [0.1, 0.15) is 12.5 Å². The largest absolute Gasteiger partial charge is 0.493 e. The van der Waals surface area contributed by atoms with Crippen molar-refractivity contribution in [1.29, 1.82) is 0 Å². The average Bonchev–Trinajstić information content (AvgIpc) is 2.53. The molecule has 0 atom stereocenters. The molecule has 116 valence electrons. The first kappa shape index (κ1) is 15.9. The molecule has 0 spiro atoms. The summed E-state index contributed by atoms with van der Waals surface area (Å²) in [6.07, 6.45) is 1.80. The maximum atomic E-state index is 6.02. The minimum atomic E-state index is 0.563. The van der Waals surface area contributed by atoms with Crippen LogP contribution in [0.3, 0.4) is 0 Å². The molecule has 23 heavy (non-hydrogen) atoms. The number of benzene rings is 3. The van der Waals surface area contributed by atoms with Gasteiger partial charge in [0.1, 0.15) is 5.75 Å². The van der Waals surface area contributed by atoms with Crippen LogP contribution in [0.4, 0.5) is 5.69 Å². The summed E-state index contributed by atoms with van der Waals surface area (Å²) >= 11 is 12.0. The van der Waals surface area contributed by atoms with Gasteiger partial charge in [-0.3, -0.25) is 4.99 Å². The Morgan fingerprint density at radius 1 is 1.00 bits per heavy atom. The molecular weight excluding hydrogens is 329 g/mol. The Bertz CT molecular complexity index is 854. The van der Waals surface area contributed by atoms with Crippen molar-refractivity contribution in [2.75, 3.05) is 6.61 Å². The summed E-state index contributed by atoms with van der Waals surface area (Å²) in [7, 11) is 0. The van der Waals surface area contributed by atoms with Crippen molar-refractivity contribution in [3.63, 3.8) is 0 Å². The molecule has 0 N–H and O–H groups in total. The van der Waals surface area contributed by atoms with Crippen LogP contribution in [0.2, 0.25) is 10.0 Å². The lowest BCUT2D eigenvalue weighted by Crippen LogP contribution is -1.97. The molecule has 0 bridgehead atoms. The lowest BCUT2D eigenvalue weighted by atomic mass is 10.0. The second kappa shape index (κ2) is 7.03.